The Bertz CT molecular complexity index is 425. The molecule has 1 aromatic rings. The second kappa shape index (κ2) is 4.42. The van der Waals surface area contributed by atoms with Crippen LogP contribution in [-0.2, 0) is 4.74 Å². The van der Waals surface area contributed by atoms with Crippen molar-refractivity contribution in [3.05, 3.63) is 23.8 Å². The van der Waals surface area contributed by atoms with Gasteiger partial charge in [-0.25, -0.2) is 0 Å². The third-order valence-electron chi connectivity index (χ3n) is 2.82. The summed E-state index contributed by atoms with van der Waals surface area (Å²) in [7, 11) is 0. The minimum absolute atomic E-state index is 0.296. The van der Waals surface area contributed by atoms with Crippen molar-refractivity contribution in [3.63, 3.8) is 0 Å². The lowest BCUT2D eigenvalue weighted by atomic mass is 10.1. The van der Waals surface area contributed by atoms with Crippen molar-refractivity contribution in [1.82, 2.24) is 0 Å². The third-order valence-corrected chi connectivity index (χ3v) is 2.82. The summed E-state index contributed by atoms with van der Waals surface area (Å²) in [6, 6.07) is 7.95. The SMILES string of the molecule is CC1COCCN1c1ccc(N)cc1C#N. The number of benzene rings is 1. The fraction of sp³-hybridized carbons (Fsp3) is 0.417. The van der Waals surface area contributed by atoms with Crippen molar-refractivity contribution in [2.45, 2.75) is 13.0 Å². The highest BCUT2D eigenvalue weighted by atomic mass is 16.5. The monoisotopic (exact) mass is 217 g/mol. The smallest absolute Gasteiger partial charge is 0.101 e. The van der Waals surface area contributed by atoms with Gasteiger partial charge in [0.1, 0.15) is 6.07 Å². The highest BCUT2D eigenvalue weighted by molar-refractivity contribution is 5.64. The van der Waals surface area contributed by atoms with Gasteiger partial charge in [0, 0.05) is 18.3 Å². The van der Waals surface area contributed by atoms with Crippen LogP contribution in [0, 0.1) is 11.3 Å². The molecular weight excluding hydrogens is 202 g/mol. The molecule has 0 bridgehead atoms. The number of hydrogen-bond acceptors (Lipinski definition) is 4. The van der Waals surface area contributed by atoms with Crippen LogP contribution >= 0.6 is 0 Å². The topological polar surface area (TPSA) is 62.3 Å². The molecule has 1 aromatic carbocycles. The van der Waals surface area contributed by atoms with Crippen LogP contribution in [0.15, 0.2) is 18.2 Å². The Morgan fingerprint density at radius 3 is 3.06 bits per heavy atom. The van der Waals surface area contributed by atoms with E-state index in [2.05, 4.69) is 17.9 Å². The first-order valence-electron chi connectivity index (χ1n) is 5.36. The van der Waals surface area contributed by atoms with Gasteiger partial charge < -0.3 is 15.4 Å². The van der Waals surface area contributed by atoms with E-state index in [0.717, 1.165) is 12.2 Å². The van der Waals surface area contributed by atoms with Gasteiger partial charge >= 0.3 is 0 Å². The van der Waals surface area contributed by atoms with Crippen LogP contribution in [0.25, 0.3) is 0 Å². The zero-order chi connectivity index (χ0) is 11.5. The zero-order valence-corrected chi connectivity index (χ0v) is 9.31. The van der Waals surface area contributed by atoms with E-state index in [9.17, 15) is 0 Å². The van der Waals surface area contributed by atoms with Crippen LogP contribution < -0.4 is 10.6 Å². The van der Waals surface area contributed by atoms with E-state index in [-0.39, 0.29) is 0 Å². The first kappa shape index (κ1) is 10.8. The predicted molar refractivity (Wildman–Crippen MR) is 63.2 cm³/mol. The van der Waals surface area contributed by atoms with E-state index in [1.165, 1.54) is 0 Å². The van der Waals surface area contributed by atoms with Gasteiger partial charge in [0.2, 0.25) is 0 Å². The second-order valence-electron chi connectivity index (χ2n) is 4.01. The van der Waals surface area contributed by atoms with Gasteiger partial charge in [0.25, 0.3) is 0 Å². The number of nitrogens with zero attached hydrogens (tertiary/aromatic N) is 2. The van der Waals surface area contributed by atoms with Crippen LogP contribution in [0.2, 0.25) is 0 Å². The molecule has 0 aliphatic carbocycles. The summed E-state index contributed by atoms with van der Waals surface area (Å²) >= 11 is 0. The highest BCUT2D eigenvalue weighted by Gasteiger charge is 2.21. The molecule has 4 nitrogen and oxygen atoms in total. The fourth-order valence-corrected chi connectivity index (χ4v) is 1.98. The Labute approximate surface area is 95.2 Å². The Balaban J connectivity index is 2.35. The molecule has 1 heterocycles. The average Bonchev–Trinajstić information content (AvgIpc) is 2.30. The zero-order valence-electron chi connectivity index (χ0n) is 9.31. The van der Waals surface area contributed by atoms with Gasteiger partial charge in [0.15, 0.2) is 0 Å². The van der Waals surface area contributed by atoms with Gasteiger partial charge in [-0.3, -0.25) is 0 Å². The number of nitriles is 1. The molecule has 2 rings (SSSR count). The number of ether oxygens (including phenoxy) is 1. The van der Waals surface area contributed by atoms with Crippen LogP contribution in [0.4, 0.5) is 11.4 Å². The van der Waals surface area contributed by atoms with E-state index in [4.69, 9.17) is 15.7 Å². The fourth-order valence-electron chi connectivity index (χ4n) is 1.98. The summed E-state index contributed by atoms with van der Waals surface area (Å²) in [6.45, 7) is 4.32. The van der Waals surface area contributed by atoms with Gasteiger partial charge in [-0.05, 0) is 25.1 Å². The van der Waals surface area contributed by atoms with Gasteiger partial charge in [-0.1, -0.05) is 0 Å². The summed E-state index contributed by atoms with van der Waals surface area (Å²) in [5, 5.41) is 9.10. The van der Waals surface area contributed by atoms with Crippen molar-refractivity contribution < 1.29 is 4.74 Å². The van der Waals surface area contributed by atoms with Crippen molar-refractivity contribution in [3.8, 4) is 6.07 Å². The third kappa shape index (κ3) is 1.95. The molecule has 1 atom stereocenters. The lowest BCUT2D eigenvalue weighted by Gasteiger charge is -2.35. The quantitative estimate of drug-likeness (QED) is 0.721. The molecule has 0 spiro atoms. The molecule has 0 radical (unpaired) electrons. The minimum atomic E-state index is 0.296. The van der Waals surface area contributed by atoms with Crippen molar-refractivity contribution in [2.75, 3.05) is 30.4 Å². The number of nitrogens with two attached hydrogens (primary N) is 1. The first-order valence-corrected chi connectivity index (χ1v) is 5.36. The lowest BCUT2D eigenvalue weighted by molar-refractivity contribution is 0.0989. The summed E-state index contributed by atoms with van der Waals surface area (Å²) in [6.07, 6.45) is 0. The number of morpholine rings is 1. The van der Waals surface area contributed by atoms with Gasteiger partial charge in [-0.2, -0.15) is 5.26 Å². The highest BCUT2D eigenvalue weighted by Crippen LogP contribution is 2.25. The van der Waals surface area contributed by atoms with Crippen LogP contribution in [0.3, 0.4) is 0 Å². The van der Waals surface area contributed by atoms with Crippen molar-refractivity contribution in [2.24, 2.45) is 0 Å². The molecule has 84 valence electrons. The van der Waals surface area contributed by atoms with E-state index in [1.807, 2.05) is 12.1 Å². The van der Waals surface area contributed by atoms with Crippen LogP contribution in [0.1, 0.15) is 12.5 Å². The van der Waals surface area contributed by atoms with Crippen molar-refractivity contribution >= 4 is 11.4 Å². The summed E-state index contributed by atoms with van der Waals surface area (Å²) < 4.78 is 5.38. The molecular formula is C12H15N3O. The maximum Gasteiger partial charge on any atom is 0.101 e. The number of anilines is 2. The molecule has 1 aliphatic rings. The number of nitrogen functional groups attached to an aromatic ring is 1. The van der Waals surface area contributed by atoms with E-state index < -0.39 is 0 Å². The normalized spacial score (nSPS) is 20.5. The molecule has 0 saturated carbocycles. The van der Waals surface area contributed by atoms with Crippen LogP contribution in [-0.4, -0.2) is 25.8 Å². The Kier molecular flexibility index (Phi) is 2.97. The molecule has 1 unspecified atom stereocenters. The lowest BCUT2D eigenvalue weighted by Crippen LogP contribution is -2.44. The minimum Gasteiger partial charge on any atom is -0.399 e. The average molecular weight is 217 g/mol. The number of hydrogen-bond donors (Lipinski definition) is 1. The van der Waals surface area contributed by atoms with Crippen molar-refractivity contribution in [1.29, 1.82) is 5.26 Å². The molecule has 16 heavy (non-hydrogen) atoms. The maximum absolute atomic E-state index is 9.10. The van der Waals surface area contributed by atoms with E-state index in [1.54, 1.807) is 6.07 Å². The second-order valence-corrected chi connectivity index (χ2v) is 4.01. The Hall–Kier alpha value is -1.73. The summed E-state index contributed by atoms with van der Waals surface area (Å²) in [5.74, 6) is 0. The van der Waals surface area contributed by atoms with Gasteiger partial charge in [-0.15, -0.1) is 0 Å². The Morgan fingerprint density at radius 2 is 2.38 bits per heavy atom. The summed E-state index contributed by atoms with van der Waals surface area (Å²) in [5.41, 5.74) is 7.88. The molecule has 0 aromatic heterocycles. The van der Waals surface area contributed by atoms with E-state index in [0.29, 0.717) is 30.5 Å². The first-order chi connectivity index (χ1) is 7.72. The molecule has 0 amide bonds. The molecule has 1 fully saturated rings. The summed E-state index contributed by atoms with van der Waals surface area (Å²) in [4.78, 5) is 2.20. The molecule has 1 saturated heterocycles. The van der Waals surface area contributed by atoms with Gasteiger partial charge in [0.05, 0.1) is 24.5 Å². The Morgan fingerprint density at radius 1 is 1.56 bits per heavy atom. The standard InChI is InChI=1S/C12H15N3O/c1-9-8-16-5-4-15(9)12-3-2-11(14)6-10(12)7-13/h2-3,6,9H,4-5,8,14H2,1H3. The molecule has 1 aliphatic heterocycles. The maximum atomic E-state index is 9.10. The number of rotatable bonds is 1. The molecule has 4 heteroatoms. The van der Waals surface area contributed by atoms with Crippen LogP contribution in [0.5, 0.6) is 0 Å². The molecule has 2 N–H and O–H groups in total. The largest absolute Gasteiger partial charge is 0.399 e. The van der Waals surface area contributed by atoms with E-state index >= 15 is 0 Å². The predicted octanol–water partition coefficient (Wildman–Crippen LogP) is 1.37.